The molecule has 2 aromatic carbocycles. The number of nitrogen functional groups attached to an aromatic ring is 1. The molecule has 2 aromatic rings. The van der Waals surface area contributed by atoms with Gasteiger partial charge in [0.25, 0.3) is 10.0 Å². The van der Waals surface area contributed by atoms with Crippen LogP contribution in [-0.2, 0) is 10.0 Å². The zero-order chi connectivity index (χ0) is 15.8. The highest BCUT2D eigenvalue weighted by Crippen LogP contribution is 2.33. The second kappa shape index (κ2) is 6.04. The summed E-state index contributed by atoms with van der Waals surface area (Å²) < 4.78 is 27.8. The molecule has 0 amide bonds. The molecule has 112 valence electrons. The van der Waals surface area contributed by atoms with Gasteiger partial charge in [-0.25, -0.2) is 8.42 Å². The normalized spacial score (nSPS) is 11.4. The fraction of sp³-hybridized carbons (Fsp3) is 0.0769. The van der Waals surface area contributed by atoms with Gasteiger partial charge in [0.05, 0.1) is 16.4 Å². The largest absolute Gasteiger partial charge is 0.397 e. The smallest absolute Gasteiger partial charge is 0.263 e. The lowest BCUT2D eigenvalue weighted by Crippen LogP contribution is -2.15. The maximum absolute atomic E-state index is 12.4. The molecule has 0 aliphatic rings. The Hall–Kier alpha value is -0.950. The molecule has 0 aliphatic heterocycles. The third-order valence-electron chi connectivity index (χ3n) is 2.68. The van der Waals surface area contributed by atoms with Crippen molar-refractivity contribution in [3.05, 3.63) is 50.4 Å². The lowest BCUT2D eigenvalue weighted by molar-refractivity contribution is 0.601. The molecule has 0 spiro atoms. The Morgan fingerprint density at radius 1 is 1.19 bits per heavy atom. The fourth-order valence-electron chi connectivity index (χ4n) is 1.75. The van der Waals surface area contributed by atoms with Gasteiger partial charge in [0.1, 0.15) is 4.90 Å². The third-order valence-corrected chi connectivity index (χ3v) is 5.38. The molecular formula is C13H11BrCl2N2O2S. The van der Waals surface area contributed by atoms with Crippen LogP contribution < -0.4 is 10.5 Å². The van der Waals surface area contributed by atoms with Gasteiger partial charge in [0.2, 0.25) is 0 Å². The van der Waals surface area contributed by atoms with E-state index in [0.717, 1.165) is 5.56 Å². The number of halogens is 3. The van der Waals surface area contributed by atoms with Crippen molar-refractivity contribution < 1.29 is 8.42 Å². The van der Waals surface area contributed by atoms with E-state index in [4.69, 9.17) is 28.9 Å². The average Bonchev–Trinajstić information content (AvgIpc) is 2.36. The number of rotatable bonds is 3. The monoisotopic (exact) mass is 408 g/mol. The summed E-state index contributed by atoms with van der Waals surface area (Å²) in [7, 11) is -3.90. The standard InChI is InChI=1S/C13H11BrCl2N2O2S/c1-7-4-9(14)13(11(17)5-7)18-21(19,20)12-6-8(15)2-3-10(12)16/h2-6,18H,17H2,1H3. The molecule has 0 aromatic heterocycles. The Bertz CT molecular complexity index is 787. The molecule has 0 atom stereocenters. The van der Waals surface area contributed by atoms with Crippen molar-refractivity contribution in [3.63, 3.8) is 0 Å². The number of nitrogens with one attached hydrogen (secondary N) is 1. The molecule has 0 unspecified atom stereocenters. The number of nitrogens with two attached hydrogens (primary N) is 1. The van der Waals surface area contributed by atoms with E-state index in [9.17, 15) is 8.42 Å². The highest BCUT2D eigenvalue weighted by molar-refractivity contribution is 9.10. The first-order chi connectivity index (χ1) is 9.70. The van der Waals surface area contributed by atoms with E-state index in [1.807, 2.05) is 6.92 Å². The Kier molecular flexibility index (Phi) is 4.72. The van der Waals surface area contributed by atoms with Crippen LogP contribution in [0.1, 0.15) is 5.56 Å². The number of anilines is 2. The molecular weight excluding hydrogens is 399 g/mol. The van der Waals surface area contributed by atoms with Crippen molar-refractivity contribution in [3.8, 4) is 0 Å². The third kappa shape index (κ3) is 3.63. The fourth-order valence-corrected chi connectivity index (χ4v) is 4.44. The SMILES string of the molecule is Cc1cc(N)c(NS(=O)(=O)c2cc(Cl)ccc2Cl)c(Br)c1. The Morgan fingerprint density at radius 2 is 1.86 bits per heavy atom. The zero-order valence-electron chi connectivity index (χ0n) is 10.8. The van der Waals surface area contributed by atoms with E-state index in [-0.39, 0.29) is 20.6 Å². The van der Waals surface area contributed by atoms with E-state index in [1.165, 1.54) is 18.2 Å². The van der Waals surface area contributed by atoms with E-state index in [0.29, 0.717) is 10.2 Å². The number of aryl methyl sites for hydroxylation is 1. The van der Waals surface area contributed by atoms with Gasteiger partial charge in [-0.1, -0.05) is 23.2 Å². The average molecular weight is 410 g/mol. The second-order valence-corrected chi connectivity index (χ2v) is 7.74. The predicted molar refractivity (Wildman–Crippen MR) is 90.6 cm³/mol. The number of hydrogen-bond acceptors (Lipinski definition) is 3. The number of hydrogen-bond donors (Lipinski definition) is 2. The number of benzene rings is 2. The maximum atomic E-state index is 12.4. The summed E-state index contributed by atoms with van der Waals surface area (Å²) in [5, 5.41) is 0.351. The van der Waals surface area contributed by atoms with Gasteiger partial charge in [-0.05, 0) is 58.7 Å². The first kappa shape index (κ1) is 16.4. The summed E-state index contributed by atoms with van der Waals surface area (Å²) >= 11 is 15.0. The molecule has 8 heteroatoms. The van der Waals surface area contributed by atoms with Crippen LogP contribution in [0.25, 0.3) is 0 Å². The van der Waals surface area contributed by atoms with Crippen molar-refractivity contribution >= 4 is 60.5 Å². The van der Waals surface area contributed by atoms with Crippen LogP contribution in [0.5, 0.6) is 0 Å². The predicted octanol–water partition coefficient (Wildman–Crippen LogP) is 4.45. The molecule has 0 heterocycles. The highest BCUT2D eigenvalue weighted by atomic mass is 79.9. The molecule has 0 radical (unpaired) electrons. The summed E-state index contributed by atoms with van der Waals surface area (Å²) in [6.45, 7) is 1.85. The molecule has 3 N–H and O–H groups in total. The summed E-state index contributed by atoms with van der Waals surface area (Å²) in [5.74, 6) is 0. The van der Waals surface area contributed by atoms with Crippen LogP contribution in [0.15, 0.2) is 39.7 Å². The first-order valence-electron chi connectivity index (χ1n) is 5.74. The van der Waals surface area contributed by atoms with Crippen molar-refractivity contribution in [2.24, 2.45) is 0 Å². The molecule has 0 saturated heterocycles. The molecule has 0 fully saturated rings. The summed E-state index contributed by atoms with van der Waals surface area (Å²) in [5.41, 5.74) is 7.33. The quantitative estimate of drug-likeness (QED) is 0.735. The summed E-state index contributed by atoms with van der Waals surface area (Å²) in [6, 6.07) is 7.64. The molecule has 0 saturated carbocycles. The van der Waals surface area contributed by atoms with Gasteiger partial charge in [0.15, 0.2) is 0 Å². The van der Waals surface area contributed by atoms with Crippen LogP contribution in [0, 0.1) is 6.92 Å². The van der Waals surface area contributed by atoms with Crippen LogP contribution in [0.3, 0.4) is 0 Å². The molecule has 4 nitrogen and oxygen atoms in total. The lowest BCUT2D eigenvalue weighted by Gasteiger charge is -2.14. The minimum Gasteiger partial charge on any atom is -0.397 e. The van der Waals surface area contributed by atoms with Gasteiger partial charge < -0.3 is 5.73 Å². The van der Waals surface area contributed by atoms with Crippen molar-refractivity contribution in [2.45, 2.75) is 11.8 Å². The molecule has 0 aliphatic carbocycles. The van der Waals surface area contributed by atoms with Crippen LogP contribution in [0.2, 0.25) is 10.0 Å². The van der Waals surface area contributed by atoms with E-state index in [1.54, 1.807) is 12.1 Å². The van der Waals surface area contributed by atoms with E-state index < -0.39 is 10.0 Å². The van der Waals surface area contributed by atoms with Crippen molar-refractivity contribution in [2.75, 3.05) is 10.5 Å². The first-order valence-corrected chi connectivity index (χ1v) is 8.77. The Labute approximate surface area is 141 Å². The maximum Gasteiger partial charge on any atom is 0.263 e. The summed E-state index contributed by atoms with van der Waals surface area (Å²) in [4.78, 5) is -0.108. The minimum absolute atomic E-state index is 0.0775. The second-order valence-electron chi connectivity index (χ2n) is 4.39. The topological polar surface area (TPSA) is 72.2 Å². The molecule has 2 rings (SSSR count). The van der Waals surface area contributed by atoms with Crippen molar-refractivity contribution in [1.29, 1.82) is 0 Å². The van der Waals surface area contributed by atoms with Crippen LogP contribution in [-0.4, -0.2) is 8.42 Å². The number of sulfonamides is 1. The Morgan fingerprint density at radius 3 is 2.48 bits per heavy atom. The van der Waals surface area contributed by atoms with Gasteiger partial charge in [-0.3, -0.25) is 4.72 Å². The molecule has 0 bridgehead atoms. The van der Waals surface area contributed by atoms with Crippen molar-refractivity contribution in [1.82, 2.24) is 0 Å². The highest BCUT2D eigenvalue weighted by Gasteiger charge is 2.21. The van der Waals surface area contributed by atoms with E-state index in [2.05, 4.69) is 20.7 Å². The van der Waals surface area contributed by atoms with Crippen LogP contribution in [0.4, 0.5) is 11.4 Å². The summed E-state index contributed by atoms with van der Waals surface area (Å²) in [6.07, 6.45) is 0. The molecule has 21 heavy (non-hydrogen) atoms. The van der Waals surface area contributed by atoms with Crippen LogP contribution >= 0.6 is 39.1 Å². The van der Waals surface area contributed by atoms with Gasteiger partial charge in [-0.15, -0.1) is 0 Å². The van der Waals surface area contributed by atoms with Gasteiger partial charge in [0, 0.05) is 9.50 Å². The minimum atomic E-state index is -3.90. The van der Waals surface area contributed by atoms with E-state index >= 15 is 0 Å². The lowest BCUT2D eigenvalue weighted by atomic mass is 10.2. The van der Waals surface area contributed by atoms with Gasteiger partial charge >= 0.3 is 0 Å². The van der Waals surface area contributed by atoms with Gasteiger partial charge in [-0.2, -0.15) is 0 Å². The zero-order valence-corrected chi connectivity index (χ0v) is 14.7. The Balaban J connectivity index is 2.50.